The molecule has 1 aromatic carbocycles. The summed E-state index contributed by atoms with van der Waals surface area (Å²) in [6.45, 7) is -0.170. The fraction of sp³-hybridized carbons (Fsp3) is 0.125. The van der Waals surface area contributed by atoms with Crippen LogP contribution in [0.15, 0.2) is 17.1 Å². The Bertz CT molecular complexity index is 375. The topological polar surface area (TPSA) is 29.4 Å². The van der Waals surface area contributed by atoms with E-state index in [1.807, 2.05) is 0 Å². The van der Waals surface area contributed by atoms with E-state index < -0.39 is 11.6 Å². The molecule has 0 fully saturated rings. The lowest BCUT2D eigenvalue weighted by molar-refractivity contribution is 0.561. The van der Waals surface area contributed by atoms with E-state index >= 15 is 0 Å². The molecule has 0 saturated carbocycles. The van der Waals surface area contributed by atoms with Gasteiger partial charge in [-0.1, -0.05) is 11.6 Å². The van der Waals surface area contributed by atoms with Crippen LogP contribution >= 0.6 is 11.6 Å². The largest absolute Gasteiger partial charge is 0.235 e. The number of hydrogen-bond acceptors (Lipinski definition) is 2. The van der Waals surface area contributed by atoms with Gasteiger partial charge in [-0.25, -0.2) is 18.6 Å². The SMILES string of the molecule is O=C=NCc1cc(F)cc(F)c1Cl. The minimum Gasteiger partial charge on any atom is -0.211 e. The van der Waals surface area contributed by atoms with Crippen LogP contribution in [0, 0.1) is 11.6 Å². The Morgan fingerprint density at radius 2 is 2.15 bits per heavy atom. The second kappa shape index (κ2) is 4.12. The van der Waals surface area contributed by atoms with Gasteiger partial charge in [-0.2, -0.15) is 0 Å². The van der Waals surface area contributed by atoms with Crippen LogP contribution < -0.4 is 0 Å². The third-order valence-electron chi connectivity index (χ3n) is 1.38. The monoisotopic (exact) mass is 203 g/mol. The molecule has 0 N–H and O–H groups in total. The molecule has 0 saturated heterocycles. The van der Waals surface area contributed by atoms with E-state index in [-0.39, 0.29) is 17.1 Å². The first kappa shape index (κ1) is 9.84. The molecule has 0 radical (unpaired) electrons. The molecule has 2 nitrogen and oxygen atoms in total. The molecule has 0 aliphatic carbocycles. The molecule has 0 aromatic heterocycles. The van der Waals surface area contributed by atoms with Gasteiger partial charge in [0.15, 0.2) is 0 Å². The highest BCUT2D eigenvalue weighted by atomic mass is 35.5. The number of hydrogen-bond donors (Lipinski definition) is 0. The van der Waals surface area contributed by atoms with Crippen molar-refractivity contribution >= 4 is 17.7 Å². The maximum atomic E-state index is 12.8. The summed E-state index contributed by atoms with van der Waals surface area (Å²) in [5.41, 5.74) is 0.127. The Morgan fingerprint density at radius 3 is 2.77 bits per heavy atom. The molecule has 1 aromatic rings. The Hall–Kier alpha value is -1.25. The molecular formula is C8H4ClF2NO. The van der Waals surface area contributed by atoms with Crippen molar-refractivity contribution in [2.24, 2.45) is 4.99 Å². The number of carbonyl (C=O) groups excluding carboxylic acids is 1. The Kier molecular flexibility index (Phi) is 3.12. The minimum atomic E-state index is -0.863. The maximum Gasteiger partial charge on any atom is 0.235 e. The highest BCUT2D eigenvalue weighted by molar-refractivity contribution is 6.31. The number of aliphatic imine (C=N–C) groups is 1. The Morgan fingerprint density at radius 1 is 1.46 bits per heavy atom. The summed E-state index contributed by atoms with van der Waals surface area (Å²) < 4.78 is 25.4. The van der Waals surface area contributed by atoms with Gasteiger partial charge >= 0.3 is 0 Å². The molecule has 13 heavy (non-hydrogen) atoms. The summed E-state index contributed by atoms with van der Waals surface area (Å²) in [5.74, 6) is -1.62. The first-order chi connectivity index (χ1) is 6.15. The lowest BCUT2D eigenvalue weighted by Gasteiger charge is -2.00. The predicted octanol–water partition coefficient (Wildman–Crippen LogP) is 2.45. The molecule has 0 bridgehead atoms. The van der Waals surface area contributed by atoms with E-state index in [1.165, 1.54) is 6.08 Å². The lowest BCUT2D eigenvalue weighted by atomic mass is 10.2. The van der Waals surface area contributed by atoms with Gasteiger partial charge in [-0.15, -0.1) is 0 Å². The fourth-order valence-corrected chi connectivity index (χ4v) is 1.01. The van der Waals surface area contributed by atoms with Crippen LogP contribution in [0.4, 0.5) is 8.78 Å². The van der Waals surface area contributed by atoms with Gasteiger partial charge in [0.05, 0.1) is 11.6 Å². The normalized spacial score (nSPS) is 9.46. The van der Waals surface area contributed by atoms with Crippen LogP contribution in [0.25, 0.3) is 0 Å². The van der Waals surface area contributed by atoms with Crippen molar-refractivity contribution < 1.29 is 13.6 Å². The molecule has 1 rings (SSSR count). The summed E-state index contributed by atoms with van der Waals surface area (Å²) in [6, 6.07) is 1.68. The van der Waals surface area contributed by atoms with Crippen molar-refractivity contribution in [3.05, 3.63) is 34.4 Å². The van der Waals surface area contributed by atoms with Gasteiger partial charge in [0.1, 0.15) is 11.6 Å². The second-order valence-electron chi connectivity index (χ2n) is 2.27. The Balaban J connectivity index is 3.12. The predicted molar refractivity (Wildman–Crippen MR) is 43.2 cm³/mol. The molecule has 68 valence electrons. The van der Waals surface area contributed by atoms with Crippen LogP contribution in [0.1, 0.15) is 5.56 Å². The van der Waals surface area contributed by atoms with Crippen molar-refractivity contribution in [3.8, 4) is 0 Å². The third kappa shape index (κ3) is 2.34. The van der Waals surface area contributed by atoms with Crippen molar-refractivity contribution in [2.45, 2.75) is 6.54 Å². The number of isocyanates is 1. The smallest absolute Gasteiger partial charge is 0.211 e. The van der Waals surface area contributed by atoms with E-state index in [0.717, 1.165) is 6.07 Å². The molecular weight excluding hydrogens is 200 g/mol. The molecule has 0 aliphatic heterocycles. The van der Waals surface area contributed by atoms with Gasteiger partial charge < -0.3 is 0 Å². The quantitative estimate of drug-likeness (QED) is 0.412. The summed E-state index contributed by atoms with van der Waals surface area (Å²) >= 11 is 5.47. The van der Waals surface area contributed by atoms with Crippen LogP contribution in [0.2, 0.25) is 5.02 Å². The molecule has 0 heterocycles. The second-order valence-corrected chi connectivity index (χ2v) is 2.65. The summed E-state index contributed by atoms with van der Waals surface area (Å²) in [5, 5.41) is -0.222. The zero-order valence-electron chi connectivity index (χ0n) is 6.35. The Labute approximate surface area is 77.9 Å². The molecule has 0 unspecified atom stereocenters. The third-order valence-corrected chi connectivity index (χ3v) is 1.81. The standard InChI is InChI=1S/C8H4ClF2NO/c9-8-5(3-12-4-13)1-6(10)2-7(8)11/h1-2H,3H2. The fourth-order valence-electron chi connectivity index (χ4n) is 0.842. The molecule has 0 spiro atoms. The van der Waals surface area contributed by atoms with Crippen molar-refractivity contribution in [3.63, 3.8) is 0 Å². The van der Waals surface area contributed by atoms with E-state index in [4.69, 9.17) is 11.6 Å². The van der Waals surface area contributed by atoms with Crippen LogP contribution in [-0.2, 0) is 11.3 Å². The summed E-state index contributed by atoms with van der Waals surface area (Å²) in [4.78, 5) is 12.9. The molecule has 0 aliphatic rings. The number of halogens is 3. The van der Waals surface area contributed by atoms with Crippen LogP contribution in [0.3, 0.4) is 0 Å². The summed E-state index contributed by atoms with van der Waals surface area (Å²) in [7, 11) is 0. The van der Waals surface area contributed by atoms with Gasteiger partial charge in [0.2, 0.25) is 6.08 Å². The zero-order chi connectivity index (χ0) is 9.84. The average molecular weight is 204 g/mol. The molecule has 0 amide bonds. The average Bonchev–Trinajstić information content (AvgIpc) is 2.09. The number of rotatable bonds is 2. The van der Waals surface area contributed by atoms with E-state index in [2.05, 4.69) is 4.99 Å². The highest BCUT2D eigenvalue weighted by Gasteiger charge is 2.08. The lowest BCUT2D eigenvalue weighted by Crippen LogP contribution is -1.90. The first-order valence-corrected chi connectivity index (χ1v) is 3.70. The van der Waals surface area contributed by atoms with Crippen molar-refractivity contribution in [1.82, 2.24) is 0 Å². The van der Waals surface area contributed by atoms with Crippen LogP contribution in [-0.4, -0.2) is 6.08 Å². The van der Waals surface area contributed by atoms with Gasteiger partial charge in [-0.3, -0.25) is 0 Å². The van der Waals surface area contributed by atoms with Gasteiger partial charge in [0, 0.05) is 6.07 Å². The van der Waals surface area contributed by atoms with Crippen molar-refractivity contribution in [1.29, 1.82) is 0 Å². The highest BCUT2D eigenvalue weighted by Crippen LogP contribution is 2.21. The number of benzene rings is 1. The van der Waals surface area contributed by atoms with E-state index in [0.29, 0.717) is 6.07 Å². The van der Waals surface area contributed by atoms with E-state index in [9.17, 15) is 13.6 Å². The molecule has 0 atom stereocenters. The minimum absolute atomic E-state index is 0.127. The van der Waals surface area contributed by atoms with Crippen LogP contribution in [0.5, 0.6) is 0 Å². The number of nitrogens with zero attached hydrogens (tertiary/aromatic N) is 1. The van der Waals surface area contributed by atoms with Crippen molar-refractivity contribution in [2.75, 3.05) is 0 Å². The first-order valence-electron chi connectivity index (χ1n) is 3.32. The zero-order valence-corrected chi connectivity index (χ0v) is 7.11. The van der Waals surface area contributed by atoms with Gasteiger partial charge in [-0.05, 0) is 11.6 Å². The molecule has 5 heteroatoms. The summed E-state index contributed by atoms with van der Waals surface area (Å²) in [6.07, 6.45) is 1.25. The van der Waals surface area contributed by atoms with E-state index in [1.54, 1.807) is 0 Å². The van der Waals surface area contributed by atoms with Gasteiger partial charge in [0.25, 0.3) is 0 Å². The maximum absolute atomic E-state index is 12.8.